The summed E-state index contributed by atoms with van der Waals surface area (Å²) in [5.41, 5.74) is 0.387. The fourth-order valence-electron chi connectivity index (χ4n) is 1.55. The Morgan fingerprint density at radius 1 is 1.35 bits per heavy atom. The van der Waals surface area contributed by atoms with Crippen LogP contribution in [0.25, 0.3) is 0 Å². The molecule has 0 saturated heterocycles. The van der Waals surface area contributed by atoms with Crippen LogP contribution in [0.15, 0.2) is 29.2 Å². The zero-order valence-electron chi connectivity index (χ0n) is 11.8. The van der Waals surface area contributed by atoms with Gasteiger partial charge in [0, 0.05) is 18.7 Å². The van der Waals surface area contributed by atoms with E-state index in [1.807, 2.05) is 18.9 Å². The summed E-state index contributed by atoms with van der Waals surface area (Å²) in [7, 11) is -1.66. The number of likely N-dealkylation sites (N-methyl/N-ethyl adjacent to an activating group) is 1. The van der Waals surface area contributed by atoms with E-state index in [0.717, 1.165) is 6.54 Å². The highest BCUT2D eigenvalue weighted by Crippen LogP contribution is 2.13. The lowest BCUT2D eigenvalue weighted by molar-refractivity contribution is 0.350. The SMILES string of the molecule is CCN(C)CCNS(=O)(=O)c1ccccc1C#CCO. The van der Waals surface area contributed by atoms with Crippen molar-refractivity contribution in [1.82, 2.24) is 9.62 Å². The second-order valence-corrected chi connectivity index (χ2v) is 5.99. The van der Waals surface area contributed by atoms with Gasteiger partial charge in [0.25, 0.3) is 0 Å². The van der Waals surface area contributed by atoms with Gasteiger partial charge in [-0.25, -0.2) is 13.1 Å². The monoisotopic (exact) mass is 296 g/mol. The highest BCUT2D eigenvalue weighted by atomic mass is 32.2. The first-order valence-corrected chi connectivity index (χ1v) is 7.86. The second kappa shape index (κ2) is 8.02. The number of benzene rings is 1. The van der Waals surface area contributed by atoms with Crippen LogP contribution in [-0.4, -0.2) is 51.7 Å². The third-order valence-electron chi connectivity index (χ3n) is 2.80. The lowest BCUT2D eigenvalue weighted by atomic mass is 10.2. The van der Waals surface area contributed by atoms with Crippen LogP contribution in [0.1, 0.15) is 12.5 Å². The highest BCUT2D eigenvalue weighted by molar-refractivity contribution is 7.89. The number of nitrogens with zero attached hydrogens (tertiary/aromatic N) is 1. The van der Waals surface area contributed by atoms with Gasteiger partial charge in [0.2, 0.25) is 10.0 Å². The van der Waals surface area contributed by atoms with Crippen LogP contribution < -0.4 is 4.72 Å². The average molecular weight is 296 g/mol. The summed E-state index contributed by atoms with van der Waals surface area (Å²) in [6.07, 6.45) is 0. The predicted molar refractivity (Wildman–Crippen MR) is 78.8 cm³/mol. The molecule has 0 aliphatic carbocycles. The fourth-order valence-corrected chi connectivity index (χ4v) is 2.73. The number of hydrogen-bond donors (Lipinski definition) is 2. The van der Waals surface area contributed by atoms with E-state index < -0.39 is 10.0 Å². The van der Waals surface area contributed by atoms with E-state index >= 15 is 0 Å². The van der Waals surface area contributed by atoms with Gasteiger partial charge in [0.1, 0.15) is 6.61 Å². The van der Waals surface area contributed by atoms with Gasteiger partial charge < -0.3 is 10.0 Å². The van der Waals surface area contributed by atoms with Crippen LogP contribution in [0.2, 0.25) is 0 Å². The van der Waals surface area contributed by atoms with Crippen LogP contribution in [0, 0.1) is 11.8 Å². The van der Waals surface area contributed by atoms with Gasteiger partial charge in [-0.2, -0.15) is 0 Å². The molecule has 1 aromatic carbocycles. The van der Waals surface area contributed by atoms with Crippen molar-refractivity contribution in [2.24, 2.45) is 0 Å². The summed E-state index contributed by atoms with van der Waals surface area (Å²) in [5.74, 6) is 5.12. The number of aliphatic hydroxyl groups excluding tert-OH is 1. The predicted octanol–water partition coefficient (Wildman–Crippen LogP) is 0.260. The molecule has 2 N–H and O–H groups in total. The molecule has 0 unspecified atom stereocenters. The van der Waals surface area contributed by atoms with Crippen molar-refractivity contribution >= 4 is 10.0 Å². The Morgan fingerprint density at radius 2 is 2.05 bits per heavy atom. The van der Waals surface area contributed by atoms with Crippen LogP contribution in [0.5, 0.6) is 0 Å². The molecule has 0 aliphatic rings. The van der Waals surface area contributed by atoms with Crippen molar-refractivity contribution in [2.45, 2.75) is 11.8 Å². The van der Waals surface area contributed by atoms with Gasteiger partial charge in [-0.05, 0) is 25.7 Å². The highest BCUT2D eigenvalue weighted by Gasteiger charge is 2.16. The lowest BCUT2D eigenvalue weighted by Gasteiger charge is -2.14. The molecule has 0 radical (unpaired) electrons. The molecule has 0 atom stereocenters. The topological polar surface area (TPSA) is 69.6 Å². The smallest absolute Gasteiger partial charge is 0.241 e. The number of hydrogen-bond acceptors (Lipinski definition) is 4. The molecule has 0 aromatic heterocycles. The molecular weight excluding hydrogens is 276 g/mol. The third kappa shape index (κ3) is 4.94. The third-order valence-corrected chi connectivity index (χ3v) is 4.32. The number of rotatable bonds is 6. The molecule has 110 valence electrons. The summed E-state index contributed by atoms with van der Waals surface area (Å²) in [6, 6.07) is 6.49. The van der Waals surface area contributed by atoms with E-state index in [9.17, 15) is 8.42 Å². The number of sulfonamides is 1. The standard InChI is InChI=1S/C14H20N2O3S/c1-3-16(2)11-10-15-20(18,19)14-9-5-4-7-13(14)8-6-12-17/h4-5,7,9,15,17H,3,10-12H2,1-2H3. The van der Waals surface area contributed by atoms with Crippen molar-refractivity contribution < 1.29 is 13.5 Å². The molecular formula is C14H20N2O3S. The average Bonchev–Trinajstić information content (AvgIpc) is 2.45. The van der Waals surface area contributed by atoms with Gasteiger partial charge in [0.05, 0.1) is 4.90 Å². The summed E-state index contributed by atoms with van der Waals surface area (Å²) in [5, 5.41) is 8.71. The van der Waals surface area contributed by atoms with Crippen molar-refractivity contribution in [1.29, 1.82) is 0 Å². The Balaban J connectivity index is 2.87. The quantitative estimate of drug-likeness (QED) is 0.739. The largest absolute Gasteiger partial charge is 0.384 e. The van der Waals surface area contributed by atoms with Crippen LogP contribution >= 0.6 is 0 Å². The van der Waals surface area contributed by atoms with Crippen LogP contribution in [0.3, 0.4) is 0 Å². The Labute approximate surface area is 120 Å². The lowest BCUT2D eigenvalue weighted by Crippen LogP contribution is -2.33. The van der Waals surface area contributed by atoms with Crippen molar-refractivity contribution in [3.8, 4) is 11.8 Å². The zero-order valence-corrected chi connectivity index (χ0v) is 12.6. The molecule has 0 spiro atoms. The molecule has 0 saturated carbocycles. The molecule has 0 amide bonds. The molecule has 20 heavy (non-hydrogen) atoms. The molecule has 5 nitrogen and oxygen atoms in total. The maximum atomic E-state index is 12.2. The van der Waals surface area contributed by atoms with Gasteiger partial charge in [-0.1, -0.05) is 30.9 Å². The first-order valence-electron chi connectivity index (χ1n) is 6.38. The fraction of sp³-hybridized carbons (Fsp3) is 0.429. The van der Waals surface area contributed by atoms with Crippen molar-refractivity contribution in [2.75, 3.05) is 33.3 Å². The minimum atomic E-state index is -3.59. The van der Waals surface area contributed by atoms with Gasteiger partial charge >= 0.3 is 0 Å². The zero-order chi connectivity index (χ0) is 15.0. The maximum Gasteiger partial charge on any atom is 0.241 e. The van der Waals surface area contributed by atoms with Gasteiger partial charge in [-0.15, -0.1) is 0 Å². The molecule has 0 bridgehead atoms. The minimum Gasteiger partial charge on any atom is -0.384 e. The maximum absolute atomic E-state index is 12.2. The first kappa shape index (κ1) is 16.7. The van der Waals surface area contributed by atoms with Gasteiger partial charge in [-0.3, -0.25) is 0 Å². The van der Waals surface area contributed by atoms with E-state index in [-0.39, 0.29) is 11.5 Å². The Morgan fingerprint density at radius 3 is 2.70 bits per heavy atom. The summed E-state index contributed by atoms with van der Waals surface area (Å²) >= 11 is 0. The molecule has 0 heterocycles. The molecule has 1 rings (SSSR count). The summed E-state index contributed by atoms with van der Waals surface area (Å²) < 4.78 is 27.0. The second-order valence-electron chi connectivity index (χ2n) is 4.25. The van der Waals surface area contributed by atoms with E-state index in [4.69, 9.17) is 5.11 Å². The Kier molecular flexibility index (Phi) is 6.68. The van der Waals surface area contributed by atoms with Crippen LogP contribution in [0.4, 0.5) is 0 Å². The number of aliphatic hydroxyl groups is 1. The summed E-state index contributed by atoms with van der Waals surface area (Å²) in [4.78, 5) is 2.15. The first-order chi connectivity index (χ1) is 9.51. The molecule has 1 aromatic rings. The van der Waals surface area contributed by atoms with Crippen molar-refractivity contribution in [3.05, 3.63) is 29.8 Å². The minimum absolute atomic E-state index is 0.139. The van der Waals surface area contributed by atoms with Crippen molar-refractivity contribution in [3.63, 3.8) is 0 Å². The van der Waals surface area contributed by atoms with E-state index in [1.54, 1.807) is 18.2 Å². The van der Waals surface area contributed by atoms with Gasteiger partial charge in [0.15, 0.2) is 0 Å². The van der Waals surface area contributed by atoms with Crippen LogP contribution in [-0.2, 0) is 10.0 Å². The van der Waals surface area contributed by atoms with E-state index in [0.29, 0.717) is 18.7 Å². The number of nitrogens with one attached hydrogen (secondary N) is 1. The summed E-state index contributed by atoms with van der Waals surface area (Å²) in [6.45, 7) is 3.55. The normalized spacial score (nSPS) is 11.2. The Hall–Kier alpha value is -1.39. The molecule has 6 heteroatoms. The van der Waals surface area contributed by atoms with E-state index in [2.05, 4.69) is 16.6 Å². The Bertz CT molecular complexity index is 588. The van der Waals surface area contributed by atoms with E-state index in [1.165, 1.54) is 6.07 Å². The molecule has 0 fully saturated rings. The molecule has 0 aliphatic heterocycles.